The fourth-order valence-electron chi connectivity index (χ4n) is 1.29. The number of ether oxygens (including phenoxy) is 2. The summed E-state index contributed by atoms with van der Waals surface area (Å²) in [5.41, 5.74) is 4.84. The lowest BCUT2D eigenvalue weighted by Gasteiger charge is -2.15. The second-order valence-electron chi connectivity index (χ2n) is 3.93. The van der Waals surface area contributed by atoms with Crippen molar-refractivity contribution in [3.05, 3.63) is 18.2 Å². The summed E-state index contributed by atoms with van der Waals surface area (Å²) in [5.74, 6) is -2.85. The molecule has 114 valence electrons. The van der Waals surface area contributed by atoms with Gasteiger partial charge in [0.1, 0.15) is 11.5 Å². The largest absolute Gasteiger partial charge is 0.497 e. The maximum Gasteiger partial charge on any atom is 0.273 e. The Balaban J connectivity index is 3.03. The highest BCUT2D eigenvalue weighted by molar-refractivity contribution is 7.89. The first-order chi connectivity index (χ1) is 9.24. The Bertz CT molecular complexity index is 541. The van der Waals surface area contributed by atoms with Crippen molar-refractivity contribution in [2.75, 3.05) is 27.3 Å². The van der Waals surface area contributed by atoms with E-state index in [9.17, 15) is 17.2 Å². The van der Waals surface area contributed by atoms with Gasteiger partial charge in [-0.1, -0.05) is 0 Å². The average molecular weight is 310 g/mol. The van der Waals surface area contributed by atoms with Crippen LogP contribution >= 0.6 is 0 Å². The lowest BCUT2D eigenvalue weighted by atomic mass is 10.3. The summed E-state index contributed by atoms with van der Waals surface area (Å²) in [4.78, 5) is -0.235. The molecule has 0 aromatic heterocycles. The number of benzene rings is 1. The van der Waals surface area contributed by atoms with Crippen LogP contribution in [-0.4, -0.2) is 41.6 Å². The standard InChI is InChI=1S/C11H16F2N2O4S/c1-18-8-3-9(19-2)5-10(4-8)20(16,17)15-7-11(12,13)6-14/h3-5,15H,6-7,14H2,1-2H3. The van der Waals surface area contributed by atoms with E-state index in [4.69, 9.17) is 15.2 Å². The number of hydrogen-bond acceptors (Lipinski definition) is 5. The van der Waals surface area contributed by atoms with Gasteiger partial charge in [0.25, 0.3) is 5.92 Å². The molecule has 3 N–H and O–H groups in total. The van der Waals surface area contributed by atoms with Crippen LogP contribution in [0.4, 0.5) is 8.78 Å². The van der Waals surface area contributed by atoms with Crippen LogP contribution in [0.1, 0.15) is 0 Å². The van der Waals surface area contributed by atoms with Gasteiger partial charge in [-0.15, -0.1) is 0 Å². The summed E-state index contributed by atoms with van der Waals surface area (Å²) in [5, 5.41) is 0. The molecule has 0 atom stereocenters. The maximum absolute atomic E-state index is 13.0. The van der Waals surface area contributed by atoms with Crippen LogP contribution in [0.15, 0.2) is 23.1 Å². The third kappa shape index (κ3) is 4.29. The molecule has 0 saturated heterocycles. The van der Waals surface area contributed by atoms with Crippen molar-refractivity contribution < 1.29 is 26.7 Å². The highest BCUT2D eigenvalue weighted by Gasteiger charge is 2.29. The van der Waals surface area contributed by atoms with Gasteiger partial charge in [-0.05, 0) is 0 Å². The molecule has 20 heavy (non-hydrogen) atoms. The SMILES string of the molecule is COc1cc(OC)cc(S(=O)(=O)NCC(F)(F)CN)c1. The monoisotopic (exact) mass is 310 g/mol. The van der Waals surface area contributed by atoms with E-state index in [-0.39, 0.29) is 16.4 Å². The van der Waals surface area contributed by atoms with E-state index >= 15 is 0 Å². The molecule has 0 amide bonds. The molecule has 0 radical (unpaired) electrons. The zero-order valence-electron chi connectivity index (χ0n) is 11.0. The van der Waals surface area contributed by atoms with Crippen LogP contribution < -0.4 is 19.9 Å². The van der Waals surface area contributed by atoms with Gasteiger partial charge in [0, 0.05) is 18.2 Å². The fraction of sp³-hybridized carbons (Fsp3) is 0.455. The van der Waals surface area contributed by atoms with Crippen LogP contribution in [-0.2, 0) is 10.0 Å². The number of nitrogens with one attached hydrogen (secondary N) is 1. The molecule has 0 unspecified atom stereocenters. The molecule has 1 rings (SSSR count). The van der Waals surface area contributed by atoms with Crippen molar-refractivity contribution in [1.29, 1.82) is 0 Å². The Labute approximate surface area is 115 Å². The molecule has 0 aliphatic rings. The highest BCUT2D eigenvalue weighted by atomic mass is 32.2. The lowest BCUT2D eigenvalue weighted by molar-refractivity contribution is 0.0170. The van der Waals surface area contributed by atoms with Gasteiger partial charge in [-0.25, -0.2) is 21.9 Å². The summed E-state index contributed by atoms with van der Waals surface area (Å²) in [7, 11) is -1.42. The summed E-state index contributed by atoms with van der Waals surface area (Å²) in [6.45, 7) is -2.03. The van der Waals surface area contributed by atoms with Crippen molar-refractivity contribution in [3.63, 3.8) is 0 Å². The first kappa shape index (κ1) is 16.6. The molecular weight excluding hydrogens is 294 g/mol. The zero-order valence-corrected chi connectivity index (χ0v) is 11.8. The molecule has 1 aromatic carbocycles. The van der Waals surface area contributed by atoms with E-state index in [0.29, 0.717) is 0 Å². The lowest BCUT2D eigenvalue weighted by Crippen LogP contribution is -2.41. The van der Waals surface area contributed by atoms with E-state index in [1.165, 1.54) is 32.4 Å². The molecule has 0 bridgehead atoms. The van der Waals surface area contributed by atoms with Gasteiger partial charge >= 0.3 is 0 Å². The second kappa shape index (κ2) is 6.33. The summed E-state index contributed by atoms with van der Waals surface area (Å²) >= 11 is 0. The molecule has 0 aliphatic carbocycles. The van der Waals surface area contributed by atoms with Gasteiger partial charge in [0.2, 0.25) is 10.0 Å². The van der Waals surface area contributed by atoms with Crippen LogP contribution in [0.25, 0.3) is 0 Å². The predicted octanol–water partition coefficient (Wildman–Crippen LogP) is 0.576. The molecule has 0 aliphatic heterocycles. The fourth-order valence-corrected chi connectivity index (χ4v) is 2.40. The van der Waals surface area contributed by atoms with Crippen molar-refractivity contribution in [2.45, 2.75) is 10.8 Å². The van der Waals surface area contributed by atoms with Crippen molar-refractivity contribution in [1.82, 2.24) is 4.72 Å². The van der Waals surface area contributed by atoms with Crippen LogP contribution in [0.2, 0.25) is 0 Å². The first-order valence-electron chi connectivity index (χ1n) is 5.55. The minimum atomic E-state index is -4.11. The number of methoxy groups -OCH3 is 2. The van der Waals surface area contributed by atoms with E-state index < -0.39 is 29.0 Å². The minimum Gasteiger partial charge on any atom is -0.497 e. The van der Waals surface area contributed by atoms with Gasteiger partial charge in [0.15, 0.2) is 0 Å². The third-order valence-corrected chi connectivity index (χ3v) is 3.84. The predicted molar refractivity (Wildman–Crippen MR) is 68.7 cm³/mol. The molecular formula is C11H16F2N2O4S. The number of hydrogen-bond donors (Lipinski definition) is 2. The molecule has 0 fully saturated rings. The quantitative estimate of drug-likeness (QED) is 0.768. The smallest absolute Gasteiger partial charge is 0.273 e. The second-order valence-corrected chi connectivity index (χ2v) is 5.70. The maximum atomic E-state index is 13.0. The minimum absolute atomic E-state index is 0.232. The molecule has 0 heterocycles. The van der Waals surface area contributed by atoms with Crippen LogP contribution in [0, 0.1) is 0 Å². The zero-order chi connectivity index (χ0) is 15.4. The Morgan fingerprint density at radius 1 is 1.20 bits per heavy atom. The van der Waals surface area contributed by atoms with Gasteiger partial charge in [-0.2, -0.15) is 0 Å². The van der Waals surface area contributed by atoms with Crippen molar-refractivity contribution in [2.24, 2.45) is 5.73 Å². The first-order valence-corrected chi connectivity index (χ1v) is 7.03. The summed E-state index contributed by atoms with van der Waals surface area (Å²) in [6.07, 6.45) is 0. The molecule has 6 nitrogen and oxygen atoms in total. The Kier molecular flexibility index (Phi) is 5.26. The van der Waals surface area contributed by atoms with E-state index in [1.807, 2.05) is 0 Å². The highest BCUT2D eigenvalue weighted by Crippen LogP contribution is 2.25. The molecule has 9 heteroatoms. The van der Waals surface area contributed by atoms with Gasteiger partial charge in [-0.3, -0.25) is 0 Å². The third-order valence-electron chi connectivity index (χ3n) is 2.45. The number of halogens is 2. The Hall–Kier alpha value is -1.45. The summed E-state index contributed by atoms with van der Waals surface area (Å²) in [6, 6.07) is 3.87. The molecule has 0 spiro atoms. The topological polar surface area (TPSA) is 90.6 Å². The summed E-state index contributed by atoms with van der Waals surface area (Å²) < 4.78 is 61.5. The molecule has 1 aromatic rings. The number of rotatable bonds is 7. The average Bonchev–Trinajstić information content (AvgIpc) is 2.44. The van der Waals surface area contributed by atoms with E-state index in [1.54, 1.807) is 4.72 Å². The number of sulfonamides is 1. The van der Waals surface area contributed by atoms with E-state index in [2.05, 4.69) is 0 Å². The van der Waals surface area contributed by atoms with Gasteiger partial charge in [0.05, 0.1) is 32.2 Å². The number of alkyl halides is 2. The van der Waals surface area contributed by atoms with Crippen molar-refractivity contribution >= 4 is 10.0 Å². The van der Waals surface area contributed by atoms with Crippen LogP contribution in [0.5, 0.6) is 11.5 Å². The Morgan fingerprint density at radius 2 is 1.70 bits per heavy atom. The molecule has 0 saturated carbocycles. The van der Waals surface area contributed by atoms with Crippen LogP contribution in [0.3, 0.4) is 0 Å². The van der Waals surface area contributed by atoms with Gasteiger partial charge < -0.3 is 15.2 Å². The number of nitrogens with two attached hydrogens (primary N) is 1. The van der Waals surface area contributed by atoms with E-state index in [0.717, 1.165) is 0 Å². The Morgan fingerprint density at radius 3 is 2.10 bits per heavy atom. The normalized spacial score (nSPS) is 12.2. The van der Waals surface area contributed by atoms with Crippen molar-refractivity contribution in [3.8, 4) is 11.5 Å².